The van der Waals surface area contributed by atoms with Gasteiger partial charge in [0.15, 0.2) is 0 Å². The van der Waals surface area contributed by atoms with E-state index in [2.05, 4.69) is 24.3 Å². The zero-order chi connectivity index (χ0) is 15.9. The average molecular weight is 322 g/mol. The van der Waals surface area contributed by atoms with Crippen LogP contribution in [0.4, 0.5) is 0 Å². The Morgan fingerprint density at radius 1 is 1.18 bits per heavy atom. The molecule has 22 heavy (non-hydrogen) atoms. The number of nitrogens with zero attached hydrogens (tertiary/aromatic N) is 2. The second-order valence-electron chi connectivity index (χ2n) is 5.41. The molecule has 0 bridgehead atoms. The van der Waals surface area contributed by atoms with Crippen LogP contribution in [0.5, 0.6) is 0 Å². The second kappa shape index (κ2) is 8.32. The summed E-state index contributed by atoms with van der Waals surface area (Å²) in [6.07, 6.45) is 2.21. The third-order valence-electron chi connectivity index (χ3n) is 3.77. The van der Waals surface area contributed by atoms with E-state index in [1.807, 2.05) is 28.9 Å². The minimum Gasteiger partial charge on any atom is -0.385 e. The lowest BCUT2D eigenvalue weighted by Crippen LogP contribution is -2.16. The van der Waals surface area contributed by atoms with Crippen LogP contribution < -0.4 is 5.32 Å². The highest BCUT2D eigenvalue weighted by Crippen LogP contribution is 2.19. The first-order chi connectivity index (χ1) is 10.6. The van der Waals surface area contributed by atoms with Gasteiger partial charge >= 0.3 is 0 Å². The highest BCUT2D eigenvalue weighted by atomic mass is 35.5. The maximum atomic E-state index is 5.95. The standard InChI is InChI=1S/C17H24ClN3O/c1-13-17(12-19-10-4-5-11-22-3)14(2)21(20-13)16-8-6-15(18)7-9-16/h6-9,19H,4-5,10-12H2,1-3H3. The van der Waals surface area contributed by atoms with E-state index in [9.17, 15) is 0 Å². The van der Waals surface area contributed by atoms with Gasteiger partial charge in [-0.15, -0.1) is 0 Å². The van der Waals surface area contributed by atoms with E-state index >= 15 is 0 Å². The molecule has 1 aromatic heterocycles. The maximum Gasteiger partial charge on any atom is 0.0649 e. The summed E-state index contributed by atoms with van der Waals surface area (Å²) in [5.74, 6) is 0. The summed E-state index contributed by atoms with van der Waals surface area (Å²) >= 11 is 5.95. The van der Waals surface area contributed by atoms with Gasteiger partial charge in [-0.25, -0.2) is 4.68 Å². The number of aromatic nitrogens is 2. The molecular formula is C17H24ClN3O. The Bertz CT molecular complexity index is 593. The summed E-state index contributed by atoms with van der Waals surface area (Å²) in [4.78, 5) is 0. The van der Waals surface area contributed by atoms with Crippen molar-refractivity contribution in [3.05, 3.63) is 46.2 Å². The molecule has 0 spiro atoms. The molecule has 2 aromatic rings. The zero-order valence-corrected chi connectivity index (χ0v) is 14.3. The summed E-state index contributed by atoms with van der Waals surface area (Å²) in [5.41, 5.74) is 4.54. The van der Waals surface area contributed by atoms with Crippen molar-refractivity contribution in [2.75, 3.05) is 20.3 Å². The van der Waals surface area contributed by atoms with Crippen molar-refractivity contribution >= 4 is 11.6 Å². The minimum atomic E-state index is 0.739. The number of halogens is 1. The van der Waals surface area contributed by atoms with E-state index in [1.165, 1.54) is 11.3 Å². The van der Waals surface area contributed by atoms with Crippen molar-refractivity contribution in [2.24, 2.45) is 0 Å². The SMILES string of the molecule is COCCCCNCc1c(C)nn(-c2ccc(Cl)cc2)c1C. The Kier molecular flexibility index (Phi) is 6.43. The largest absolute Gasteiger partial charge is 0.385 e. The zero-order valence-electron chi connectivity index (χ0n) is 13.5. The van der Waals surface area contributed by atoms with E-state index in [-0.39, 0.29) is 0 Å². The molecule has 0 aliphatic carbocycles. The fourth-order valence-electron chi connectivity index (χ4n) is 2.47. The van der Waals surface area contributed by atoms with Gasteiger partial charge in [-0.05, 0) is 57.5 Å². The number of hydrogen-bond acceptors (Lipinski definition) is 3. The van der Waals surface area contributed by atoms with E-state index < -0.39 is 0 Å². The van der Waals surface area contributed by atoms with Crippen molar-refractivity contribution in [3.8, 4) is 5.69 Å². The Morgan fingerprint density at radius 3 is 2.59 bits per heavy atom. The van der Waals surface area contributed by atoms with Crippen LogP contribution in [0.25, 0.3) is 5.69 Å². The van der Waals surface area contributed by atoms with Gasteiger partial charge in [-0.3, -0.25) is 0 Å². The third-order valence-corrected chi connectivity index (χ3v) is 4.02. The first kappa shape index (κ1) is 17.0. The Labute approximate surface area is 137 Å². The number of benzene rings is 1. The molecule has 0 aliphatic rings. The lowest BCUT2D eigenvalue weighted by molar-refractivity contribution is 0.192. The van der Waals surface area contributed by atoms with Crippen LogP contribution in [0.1, 0.15) is 29.8 Å². The number of unbranched alkanes of at least 4 members (excludes halogenated alkanes) is 1. The molecule has 0 amide bonds. The normalized spacial score (nSPS) is 11.1. The highest BCUT2D eigenvalue weighted by Gasteiger charge is 2.12. The predicted molar refractivity (Wildman–Crippen MR) is 90.9 cm³/mol. The molecule has 4 nitrogen and oxygen atoms in total. The molecule has 1 heterocycles. The molecule has 120 valence electrons. The minimum absolute atomic E-state index is 0.739. The first-order valence-corrected chi connectivity index (χ1v) is 8.02. The van der Waals surface area contributed by atoms with Crippen LogP contribution in [0.2, 0.25) is 5.02 Å². The summed E-state index contributed by atoms with van der Waals surface area (Å²) in [5, 5.41) is 8.88. The molecule has 2 rings (SSSR count). The second-order valence-corrected chi connectivity index (χ2v) is 5.85. The van der Waals surface area contributed by atoms with Crippen LogP contribution in [0.3, 0.4) is 0 Å². The molecule has 0 fully saturated rings. The van der Waals surface area contributed by atoms with Crippen molar-refractivity contribution in [1.29, 1.82) is 0 Å². The van der Waals surface area contributed by atoms with E-state index in [1.54, 1.807) is 7.11 Å². The van der Waals surface area contributed by atoms with Crippen LogP contribution >= 0.6 is 11.6 Å². The van der Waals surface area contributed by atoms with Crippen molar-refractivity contribution in [1.82, 2.24) is 15.1 Å². The summed E-state index contributed by atoms with van der Waals surface area (Å²) in [7, 11) is 1.74. The van der Waals surface area contributed by atoms with Crippen molar-refractivity contribution in [2.45, 2.75) is 33.2 Å². The van der Waals surface area contributed by atoms with Gasteiger partial charge in [-0.2, -0.15) is 5.10 Å². The van der Waals surface area contributed by atoms with Gasteiger partial charge in [0.1, 0.15) is 0 Å². The van der Waals surface area contributed by atoms with Crippen LogP contribution in [-0.2, 0) is 11.3 Å². The molecule has 1 aromatic carbocycles. The van der Waals surface area contributed by atoms with Gasteiger partial charge in [0.25, 0.3) is 0 Å². The fraction of sp³-hybridized carbons (Fsp3) is 0.471. The number of aryl methyl sites for hydroxylation is 1. The quantitative estimate of drug-likeness (QED) is 0.754. The van der Waals surface area contributed by atoms with Gasteiger partial charge in [-0.1, -0.05) is 11.6 Å². The van der Waals surface area contributed by atoms with Gasteiger partial charge in [0, 0.05) is 36.5 Å². The molecular weight excluding hydrogens is 298 g/mol. The van der Waals surface area contributed by atoms with Crippen molar-refractivity contribution in [3.63, 3.8) is 0 Å². The maximum absolute atomic E-state index is 5.95. The first-order valence-electron chi connectivity index (χ1n) is 7.64. The number of rotatable bonds is 8. The average Bonchev–Trinajstić information content (AvgIpc) is 2.79. The Balaban J connectivity index is 1.99. The molecule has 0 saturated carbocycles. The van der Waals surface area contributed by atoms with Gasteiger partial charge in [0.2, 0.25) is 0 Å². The Morgan fingerprint density at radius 2 is 1.91 bits per heavy atom. The van der Waals surface area contributed by atoms with Crippen LogP contribution in [0, 0.1) is 13.8 Å². The van der Waals surface area contributed by atoms with Crippen molar-refractivity contribution < 1.29 is 4.74 Å². The monoisotopic (exact) mass is 321 g/mol. The number of hydrogen-bond donors (Lipinski definition) is 1. The van der Waals surface area contributed by atoms with Gasteiger partial charge in [0.05, 0.1) is 11.4 Å². The third kappa shape index (κ3) is 4.32. The Hall–Kier alpha value is -1.36. The molecule has 0 unspecified atom stereocenters. The smallest absolute Gasteiger partial charge is 0.0649 e. The molecule has 0 atom stereocenters. The summed E-state index contributed by atoms with van der Waals surface area (Å²) < 4.78 is 7.03. The predicted octanol–water partition coefficient (Wildman–Crippen LogP) is 3.66. The fourth-order valence-corrected chi connectivity index (χ4v) is 2.60. The topological polar surface area (TPSA) is 39.1 Å². The lowest BCUT2D eigenvalue weighted by Gasteiger charge is -2.07. The number of ether oxygens (including phenoxy) is 1. The molecule has 0 saturated heterocycles. The molecule has 1 N–H and O–H groups in total. The van der Waals surface area contributed by atoms with E-state index in [0.717, 1.165) is 48.9 Å². The van der Waals surface area contributed by atoms with Crippen LogP contribution in [-0.4, -0.2) is 30.0 Å². The summed E-state index contributed by atoms with van der Waals surface area (Å²) in [6.45, 7) is 6.83. The number of methoxy groups -OCH3 is 1. The number of nitrogens with one attached hydrogen (secondary N) is 1. The molecule has 5 heteroatoms. The van der Waals surface area contributed by atoms with E-state index in [0.29, 0.717) is 0 Å². The van der Waals surface area contributed by atoms with E-state index in [4.69, 9.17) is 16.3 Å². The van der Waals surface area contributed by atoms with Crippen LogP contribution in [0.15, 0.2) is 24.3 Å². The highest BCUT2D eigenvalue weighted by molar-refractivity contribution is 6.30. The lowest BCUT2D eigenvalue weighted by atomic mass is 10.2. The molecule has 0 radical (unpaired) electrons. The van der Waals surface area contributed by atoms with Gasteiger partial charge < -0.3 is 10.1 Å². The summed E-state index contributed by atoms with van der Waals surface area (Å²) in [6, 6.07) is 7.76. The molecule has 0 aliphatic heterocycles.